The Balaban J connectivity index is 1.15. The van der Waals surface area contributed by atoms with Crippen molar-refractivity contribution in [3.63, 3.8) is 0 Å². The van der Waals surface area contributed by atoms with Gasteiger partial charge in [-0.25, -0.2) is 14.8 Å². The topological polar surface area (TPSA) is 110 Å². The number of aromatic nitrogens is 3. The molecule has 0 saturated heterocycles. The molecule has 208 valence electrons. The van der Waals surface area contributed by atoms with E-state index in [1.807, 2.05) is 35.0 Å². The first-order valence-corrected chi connectivity index (χ1v) is 15.5. The number of rotatable bonds is 10. The summed E-state index contributed by atoms with van der Waals surface area (Å²) in [6.45, 7) is 0.683. The van der Waals surface area contributed by atoms with Gasteiger partial charge in [-0.3, -0.25) is 10.1 Å². The number of nitrogens with one attached hydrogen (secondary N) is 1. The Morgan fingerprint density at radius 2 is 1.82 bits per heavy atom. The van der Waals surface area contributed by atoms with Gasteiger partial charge in [-0.2, -0.15) is 0 Å². The van der Waals surface area contributed by atoms with Crippen LogP contribution in [0.25, 0.3) is 5.69 Å². The first-order chi connectivity index (χ1) is 19.0. The standard InChI is InChI=1S/C28H35N5O4S2/c34-25(35)18-38-26-16-30-27(39-26)31-28(36)33(22-4-2-1-3-5-22)23-8-6-20(7-9-23)17-37-24-12-10-21(11-13-24)32-15-14-29-19-32/h10-16,19-20,22-23H,1-9,17-18H2,(H,34,35)(H,30,31,36)/t20-,23-. The van der Waals surface area contributed by atoms with Crippen LogP contribution < -0.4 is 10.1 Å². The van der Waals surface area contributed by atoms with Gasteiger partial charge < -0.3 is 19.3 Å². The number of aliphatic carboxylic acids is 1. The monoisotopic (exact) mass is 569 g/mol. The second-order valence-corrected chi connectivity index (χ2v) is 12.6. The molecule has 39 heavy (non-hydrogen) atoms. The molecule has 0 spiro atoms. The van der Waals surface area contributed by atoms with Gasteiger partial charge in [0.05, 0.1) is 29.1 Å². The summed E-state index contributed by atoms with van der Waals surface area (Å²) in [6, 6.07) is 8.45. The summed E-state index contributed by atoms with van der Waals surface area (Å²) in [5, 5.41) is 12.5. The lowest BCUT2D eigenvalue weighted by Crippen LogP contribution is -2.51. The van der Waals surface area contributed by atoms with Crippen LogP contribution in [-0.4, -0.2) is 61.0 Å². The molecule has 0 unspecified atom stereocenters. The third kappa shape index (κ3) is 7.54. The molecule has 0 aliphatic heterocycles. The number of thioether (sulfide) groups is 1. The number of benzene rings is 1. The zero-order valence-electron chi connectivity index (χ0n) is 21.9. The third-order valence-corrected chi connectivity index (χ3v) is 9.67. The number of nitrogens with zero attached hydrogens (tertiary/aromatic N) is 4. The Bertz CT molecular complexity index is 1200. The maximum absolute atomic E-state index is 13.5. The summed E-state index contributed by atoms with van der Waals surface area (Å²) >= 11 is 2.55. The maximum Gasteiger partial charge on any atom is 0.324 e. The van der Waals surface area contributed by atoms with Crippen LogP contribution in [0.5, 0.6) is 5.75 Å². The van der Waals surface area contributed by atoms with E-state index in [1.54, 1.807) is 18.7 Å². The molecule has 9 nitrogen and oxygen atoms in total. The average Bonchev–Trinajstić information content (AvgIpc) is 3.65. The largest absolute Gasteiger partial charge is 0.493 e. The summed E-state index contributed by atoms with van der Waals surface area (Å²) in [7, 11) is 0. The van der Waals surface area contributed by atoms with Crippen LogP contribution in [0.15, 0.2) is 53.4 Å². The number of thiazole rings is 1. The molecule has 2 aliphatic carbocycles. The van der Waals surface area contributed by atoms with Crippen LogP contribution in [0.2, 0.25) is 0 Å². The molecule has 0 atom stereocenters. The van der Waals surface area contributed by atoms with Gasteiger partial charge in [0.25, 0.3) is 0 Å². The van der Waals surface area contributed by atoms with Gasteiger partial charge in [-0.1, -0.05) is 30.6 Å². The molecule has 2 fully saturated rings. The molecule has 2 aliphatic rings. The second-order valence-electron chi connectivity index (χ2n) is 10.2. The second kappa shape index (κ2) is 13.3. The molecular weight excluding hydrogens is 534 g/mol. The molecule has 0 radical (unpaired) electrons. The van der Waals surface area contributed by atoms with Gasteiger partial charge >= 0.3 is 12.0 Å². The number of hydrogen-bond donors (Lipinski definition) is 2. The molecule has 11 heteroatoms. The predicted octanol–water partition coefficient (Wildman–Crippen LogP) is 6.31. The molecule has 5 rings (SSSR count). The lowest BCUT2D eigenvalue weighted by molar-refractivity contribution is -0.133. The highest BCUT2D eigenvalue weighted by Gasteiger charge is 2.35. The highest BCUT2D eigenvalue weighted by Crippen LogP contribution is 2.34. The molecule has 2 amide bonds. The Morgan fingerprint density at radius 1 is 1.08 bits per heavy atom. The van der Waals surface area contributed by atoms with E-state index in [0.717, 1.165) is 67.0 Å². The molecule has 3 aromatic rings. The maximum atomic E-state index is 13.5. The number of anilines is 1. The summed E-state index contributed by atoms with van der Waals surface area (Å²) in [4.78, 5) is 34.9. The Kier molecular flexibility index (Phi) is 9.41. The summed E-state index contributed by atoms with van der Waals surface area (Å²) in [5.74, 6) is 0.451. The van der Waals surface area contributed by atoms with Crippen LogP contribution >= 0.6 is 23.1 Å². The fourth-order valence-corrected chi connectivity index (χ4v) is 7.17. The molecule has 2 N–H and O–H groups in total. The summed E-state index contributed by atoms with van der Waals surface area (Å²) in [5.41, 5.74) is 1.05. The van der Waals surface area contributed by atoms with E-state index in [4.69, 9.17) is 9.84 Å². The van der Waals surface area contributed by atoms with Gasteiger partial charge in [-0.05, 0) is 68.7 Å². The van der Waals surface area contributed by atoms with Gasteiger partial charge in [0.1, 0.15) is 5.75 Å². The first kappa shape index (κ1) is 27.5. The van der Waals surface area contributed by atoms with E-state index < -0.39 is 5.97 Å². The van der Waals surface area contributed by atoms with Crippen LogP contribution in [-0.2, 0) is 4.79 Å². The highest BCUT2D eigenvalue weighted by molar-refractivity contribution is 8.01. The van der Waals surface area contributed by atoms with E-state index in [-0.39, 0.29) is 23.9 Å². The van der Waals surface area contributed by atoms with Crippen molar-refractivity contribution < 1.29 is 19.4 Å². The minimum atomic E-state index is -0.869. The van der Waals surface area contributed by atoms with Gasteiger partial charge in [0.2, 0.25) is 0 Å². The van der Waals surface area contributed by atoms with E-state index >= 15 is 0 Å². The zero-order valence-corrected chi connectivity index (χ0v) is 23.5. The van der Waals surface area contributed by atoms with Crippen LogP contribution in [0.4, 0.5) is 9.93 Å². The number of carboxylic acid groups (broad SMARTS) is 1. The van der Waals surface area contributed by atoms with Crippen molar-refractivity contribution in [2.24, 2.45) is 5.92 Å². The fourth-order valence-electron chi connectivity index (χ4n) is 5.59. The SMILES string of the molecule is O=C(O)CSc1cnc(NC(=O)N(C2CCCCC2)[C@H]2CC[C@H](COc3ccc(-n4ccnc4)cc3)CC2)s1. The Labute approximate surface area is 237 Å². The number of ether oxygens (including phenoxy) is 1. The molecule has 2 saturated carbocycles. The van der Waals surface area contributed by atoms with Crippen molar-refractivity contribution in [3.05, 3.63) is 49.2 Å². The number of amides is 2. The minimum absolute atomic E-state index is 0.0203. The Hall–Kier alpha value is -3.05. The van der Waals surface area contributed by atoms with Crippen molar-refractivity contribution in [2.75, 3.05) is 17.7 Å². The highest BCUT2D eigenvalue weighted by atomic mass is 32.2. The molecule has 2 aromatic heterocycles. The van der Waals surface area contributed by atoms with Crippen molar-refractivity contribution in [2.45, 2.75) is 74.1 Å². The lowest BCUT2D eigenvalue weighted by Gasteiger charge is -2.42. The normalized spacial score (nSPS) is 19.9. The van der Waals surface area contributed by atoms with Crippen molar-refractivity contribution >= 4 is 40.2 Å². The zero-order chi connectivity index (χ0) is 27.0. The number of imidazole rings is 1. The molecule has 1 aromatic carbocycles. The average molecular weight is 570 g/mol. The van der Waals surface area contributed by atoms with Gasteiger partial charge in [0, 0.05) is 30.2 Å². The Morgan fingerprint density at radius 3 is 2.51 bits per heavy atom. The number of carbonyl (C=O) groups is 2. The quantitative estimate of drug-likeness (QED) is 0.275. The first-order valence-electron chi connectivity index (χ1n) is 13.7. The van der Waals surface area contributed by atoms with Crippen LogP contribution in [0.1, 0.15) is 57.8 Å². The number of hydrogen-bond acceptors (Lipinski definition) is 7. The van der Waals surface area contributed by atoms with Gasteiger partial charge in [0.15, 0.2) is 5.13 Å². The molecular formula is C28H35N5O4S2. The van der Waals surface area contributed by atoms with Crippen molar-refractivity contribution in [1.82, 2.24) is 19.4 Å². The smallest absolute Gasteiger partial charge is 0.324 e. The summed E-state index contributed by atoms with van der Waals surface area (Å²) < 4.78 is 8.88. The van der Waals surface area contributed by atoms with Crippen molar-refractivity contribution in [3.8, 4) is 11.4 Å². The van der Waals surface area contributed by atoms with Gasteiger partial charge in [-0.15, -0.1) is 11.8 Å². The summed E-state index contributed by atoms with van der Waals surface area (Å²) in [6.07, 6.45) is 16.7. The number of carbonyl (C=O) groups excluding carboxylic acids is 1. The fraction of sp³-hybridized carbons (Fsp3) is 0.500. The molecule has 0 bridgehead atoms. The third-order valence-electron chi connectivity index (χ3n) is 7.57. The minimum Gasteiger partial charge on any atom is -0.493 e. The van der Waals surface area contributed by atoms with Crippen LogP contribution in [0.3, 0.4) is 0 Å². The number of carboxylic acids is 1. The predicted molar refractivity (Wildman–Crippen MR) is 153 cm³/mol. The van der Waals surface area contributed by atoms with E-state index in [0.29, 0.717) is 17.7 Å². The van der Waals surface area contributed by atoms with Crippen molar-refractivity contribution in [1.29, 1.82) is 0 Å². The van der Waals surface area contributed by atoms with E-state index in [9.17, 15) is 9.59 Å². The lowest BCUT2D eigenvalue weighted by atomic mass is 9.84. The van der Waals surface area contributed by atoms with E-state index in [1.165, 1.54) is 29.5 Å². The molecule has 2 heterocycles. The van der Waals surface area contributed by atoms with E-state index in [2.05, 4.69) is 20.2 Å². The van der Waals surface area contributed by atoms with Crippen LogP contribution in [0, 0.1) is 5.92 Å². The number of urea groups is 1.